The molecule has 53 heavy (non-hydrogen) atoms. The van der Waals surface area contributed by atoms with Crippen LogP contribution in [0.4, 0.5) is 46.4 Å². The highest BCUT2D eigenvalue weighted by molar-refractivity contribution is 7.92. The van der Waals surface area contributed by atoms with Crippen LogP contribution in [0.2, 0.25) is 0 Å². The molecule has 1 saturated heterocycles. The zero-order valence-corrected chi connectivity index (χ0v) is 28.7. The van der Waals surface area contributed by atoms with E-state index in [0.29, 0.717) is 39.3 Å². The van der Waals surface area contributed by atoms with Crippen molar-refractivity contribution >= 4 is 62.5 Å². The number of halogens is 4. The molecule has 0 spiro atoms. The first-order chi connectivity index (χ1) is 25.0. The lowest BCUT2D eigenvalue weighted by atomic mass is 10.0. The summed E-state index contributed by atoms with van der Waals surface area (Å²) in [5, 5.41) is 10.7. The van der Waals surface area contributed by atoms with Gasteiger partial charge < -0.3 is 16.0 Å². The number of alkyl halides is 3. The third-order valence-electron chi connectivity index (χ3n) is 8.52. The van der Waals surface area contributed by atoms with E-state index >= 15 is 4.39 Å². The molecule has 276 valence electrons. The van der Waals surface area contributed by atoms with E-state index in [1.54, 1.807) is 42.5 Å². The van der Waals surface area contributed by atoms with Gasteiger partial charge in [-0.15, -0.1) is 0 Å². The summed E-state index contributed by atoms with van der Waals surface area (Å²) in [4.78, 5) is 58.4. The molecule has 4 amide bonds. The number of benzene rings is 3. The number of aromatic nitrogens is 2. The second kappa shape index (κ2) is 14.1. The Balaban J connectivity index is 1.11. The van der Waals surface area contributed by atoms with E-state index in [9.17, 15) is 40.8 Å². The van der Waals surface area contributed by atoms with Crippen molar-refractivity contribution < 1.29 is 45.2 Å². The predicted octanol–water partition coefficient (Wildman–Crippen LogP) is 4.40. The second-order valence-corrected chi connectivity index (χ2v) is 14.2. The van der Waals surface area contributed by atoms with Gasteiger partial charge in [0.1, 0.15) is 23.2 Å². The molecule has 1 fully saturated rings. The minimum absolute atomic E-state index is 0.0291. The van der Waals surface area contributed by atoms with Crippen LogP contribution in [-0.2, 0) is 38.9 Å². The van der Waals surface area contributed by atoms with Gasteiger partial charge in [0.2, 0.25) is 27.8 Å². The van der Waals surface area contributed by atoms with Gasteiger partial charge in [0, 0.05) is 44.1 Å². The van der Waals surface area contributed by atoms with Crippen LogP contribution in [0.1, 0.15) is 50.2 Å². The molecule has 19 heteroatoms. The average Bonchev–Trinajstić information content (AvgIpc) is 3.35. The number of nitrogens with one attached hydrogen (secondary N) is 4. The van der Waals surface area contributed by atoms with Gasteiger partial charge in [0.25, 0.3) is 11.8 Å². The number of piperidine rings is 1. The number of sulfonamides is 1. The van der Waals surface area contributed by atoms with Crippen LogP contribution in [-0.4, -0.2) is 66.3 Å². The minimum atomic E-state index is -4.77. The molecule has 3 aromatic carbocycles. The van der Waals surface area contributed by atoms with Crippen molar-refractivity contribution in [1.82, 2.24) is 20.2 Å². The van der Waals surface area contributed by atoms with Crippen molar-refractivity contribution in [3.8, 4) is 0 Å². The molecule has 2 aliphatic heterocycles. The highest BCUT2D eigenvalue weighted by atomic mass is 32.2. The van der Waals surface area contributed by atoms with Gasteiger partial charge in [-0.3, -0.25) is 33.7 Å². The lowest BCUT2D eigenvalue weighted by Crippen LogP contribution is -2.54. The van der Waals surface area contributed by atoms with Crippen molar-refractivity contribution in [3.63, 3.8) is 0 Å². The van der Waals surface area contributed by atoms with Crippen molar-refractivity contribution in [2.24, 2.45) is 0 Å². The first kappa shape index (κ1) is 36.7. The topological polar surface area (TPSA) is 183 Å². The minimum Gasteiger partial charge on any atom is -0.381 e. The Morgan fingerprint density at radius 1 is 0.943 bits per heavy atom. The van der Waals surface area contributed by atoms with Gasteiger partial charge in [-0.05, 0) is 66.1 Å². The summed E-state index contributed by atoms with van der Waals surface area (Å²) >= 11 is 0. The number of hydrogen-bond acceptors (Lipinski definition) is 11. The van der Waals surface area contributed by atoms with Crippen molar-refractivity contribution in [3.05, 3.63) is 100 Å². The molecule has 1 unspecified atom stereocenters. The number of amides is 4. The van der Waals surface area contributed by atoms with E-state index in [2.05, 4.69) is 31.2 Å². The Morgan fingerprint density at radius 3 is 2.32 bits per heavy atom. The number of fused-ring (bicyclic) bond motifs is 1. The maximum Gasteiger partial charge on any atom is 0.421 e. The molecular weight excluding hydrogens is 724 g/mol. The van der Waals surface area contributed by atoms with Crippen LogP contribution >= 0.6 is 0 Å². The van der Waals surface area contributed by atoms with Crippen LogP contribution in [0.15, 0.2) is 66.9 Å². The largest absolute Gasteiger partial charge is 0.421 e. The average molecular weight is 755 g/mol. The van der Waals surface area contributed by atoms with Gasteiger partial charge in [0.05, 0.1) is 23.1 Å². The highest BCUT2D eigenvalue weighted by Crippen LogP contribution is 2.35. The summed E-state index contributed by atoms with van der Waals surface area (Å²) in [6.45, 7) is -0.0800. The fourth-order valence-electron chi connectivity index (χ4n) is 5.73. The lowest BCUT2D eigenvalue weighted by Gasteiger charge is -2.27. The van der Waals surface area contributed by atoms with E-state index in [4.69, 9.17) is 0 Å². The number of anilines is 5. The molecule has 4 N–H and O–H groups in total. The van der Waals surface area contributed by atoms with Gasteiger partial charge >= 0.3 is 6.18 Å². The number of carbonyl (C=O) groups excluding carboxylic acids is 4. The first-order valence-corrected chi connectivity index (χ1v) is 17.7. The van der Waals surface area contributed by atoms with Crippen LogP contribution < -0.4 is 25.6 Å². The third kappa shape index (κ3) is 7.88. The molecule has 1 aromatic heterocycles. The summed E-state index contributed by atoms with van der Waals surface area (Å²) in [5.41, 5.74) is 0.354. The molecule has 0 bridgehead atoms. The molecule has 4 aromatic rings. The standard InChI is InChI=1S/C34H30F4N8O6S/c1-45(53(2,51)52)22-5-3-4-18(12-22)15-40-29-24(34(36,37)38)17-41-33(44-29)42-21-8-6-20(7-9-21)39-16-19-13-23-28(25(35)14-19)32(50)46(31(23)49)26-10-11-27(47)43-30(26)48/h3-9,12-14,17,26,39H,10-11,15-16H2,1-2H3,(H,43,47,48)(H2,40,41,42,44). The van der Waals surface area contributed by atoms with Crippen molar-refractivity contribution in [2.45, 2.75) is 38.1 Å². The zero-order valence-electron chi connectivity index (χ0n) is 27.9. The second-order valence-electron chi connectivity index (χ2n) is 12.2. The van der Waals surface area contributed by atoms with Gasteiger partial charge in [-0.1, -0.05) is 12.1 Å². The molecule has 2 aliphatic rings. The van der Waals surface area contributed by atoms with E-state index in [0.717, 1.165) is 16.6 Å². The van der Waals surface area contributed by atoms with E-state index in [1.165, 1.54) is 19.2 Å². The summed E-state index contributed by atoms with van der Waals surface area (Å²) in [6, 6.07) is 13.9. The summed E-state index contributed by atoms with van der Waals surface area (Å²) in [6.07, 6.45) is -3.24. The maximum absolute atomic E-state index is 15.1. The van der Waals surface area contributed by atoms with Gasteiger partial charge in [-0.2, -0.15) is 18.2 Å². The normalized spacial score (nSPS) is 16.0. The smallest absolute Gasteiger partial charge is 0.381 e. The Hall–Kier alpha value is -6.11. The maximum atomic E-state index is 15.1. The monoisotopic (exact) mass is 754 g/mol. The predicted molar refractivity (Wildman–Crippen MR) is 184 cm³/mol. The van der Waals surface area contributed by atoms with E-state index in [-0.39, 0.29) is 37.4 Å². The van der Waals surface area contributed by atoms with Crippen LogP contribution in [0, 0.1) is 5.82 Å². The third-order valence-corrected chi connectivity index (χ3v) is 9.72. The van der Waals surface area contributed by atoms with E-state index in [1.807, 2.05) is 0 Å². The molecule has 14 nitrogen and oxygen atoms in total. The summed E-state index contributed by atoms with van der Waals surface area (Å²) in [7, 11) is -2.20. The molecule has 0 aliphatic carbocycles. The molecular formula is C34H30F4N8O6S. The van der Waals surface area contributed by atoms with Crippen molar-refractivity contribution in [1.29, 1.82) is 0 Å². The van der Waals surface area contributed by atoms with Crippen molar-refractivity contribution in [2.75, 3.05) is 33.6 Å². The first-order valence-electron chi connectivity index (χ1n) is 15.9. The van der Waals surface area contributed by atoms with Crippen LogP contribution in [0.3, 0.4) is 0 Å². The summed E-state index contributed by atoms with van der Waals surface area (Å²) < 4.78 is 81.4. The Kier molecular flexibility index (Phi) is 9.78. The fraction of sp³-hybridized carbons (Fsp3) is 0.235. The molecule has 0 radical (unpaired) electrons. The SMILES string of the molecule is CN(c1cccc(CNc2nc(Nc3ccc(NCc4cc(F)c5c(c4)C(=O)N(C4CCC(=O)NC4=O)C5=O)cc3)ncc2C(F)(F)F)c1)S(C)(=O)=O. The Bertz CT molecular complexity index is 2250. The fourth-order valence-corrected chi connectivity index (χ4v) is 6.23. The van der Waals surface area contributed by atoms with Crippen LogP contribution in [0.25, 0.3) is 0 Å². The molecule has 3 heterocycles. The Morgan fingerprint density at radius 2 is 1.64 bits per heavy atom. The number of imide groups is 2. The molecule has 1 atom stereocenters. The molecule has 6 rings (SSSR count). The van der Waals surface area contributed by atoms with Gasteiger partial charge in [-0.25, -0.2) is 17.8 Å². The number of nitrogens with zero attached hydrogens (tertiary/aromatic N) is 4. The van der Waals surface area contributed by atoms with Gasteiger partial charge in [0.15, 0.2) is 0 Å². The Labute approximate surface area is 299 Å². The number of hydrogen-bond donors (Lipinski definition) is 4. The lowest BCUT2D eigenvalue weighted by molar-refractivity contribution is -0.138. The highest BCUT2D eigenvalue weighted by Gasteiger charge is 2.46. The number of rotatable bonds is 11. The van der Waals surface area contributed by atoms with Crippen LogP contribution in [0.5, 0.6) is 0 Å². The van der Waals surface area contributed by atoms with E-state index < -0.39 is 68.6 Å². The number of carbonyl (C=O) groups is 4. The quantitative estimate of drug-likeness (QED) is 0.126. The zero-order chi connectivity index (χ0) is 38.2. The molecule has 0 saturated carbocycles. The summed E-state index contributed by atoms with van der Waals surface area (Å²) in [5.74, 6) is -4.72.